The molecule has 5 rings (SSSR count). The maximum atomic E-state index is 6.28. The Labute approximate surface area is 141 Å². The van der Waals surface area contributed by atoms with Gasteiger partial charge in [-0.25, -0.2) is 0 Å². The maximum Gasteiger partial charge on any atom is 0.0699 e. The first-order valence-corrected chi connectivity index (χ1v) is 9.34. The minimum absolute atomic E-state index is 0.349. The first-order chi connectivity index (χ1) is 10.8. The summed E-state index contributed by atoms with van der Waals surface area (Å²) in [6, 6.07) is 13.9. The molecule has 22 heavy (non-hydrogen) atoms. The lowest BCUT2D eigenvalue weighted by atomic mass is 9.98. The van der Waals surface area contributed by atoms with Gasteiger partial charge in [0.05, 0.1) is 6.04 Å². The maximum absolute atomic E-state index is 6.28. The van der Waals surface area contributed by atoms with Crippen LogP contribution >= 0.6 is 22.9 Å². The lowest BCUT2D eigenvalue weighted by molar-refractivity contribution is 0.153. The molecule has 0 aliphatic carbocycles. The Balaban J connectivity index is 1.74. The molecule has 3 fully saturated rings. The molecule has 3 aliphatic heterocycles. The van der Waals surface area contributed by atoms with E-state index in [0.717, 1.165) is 11.6 Å². The molecular weight excluding hydrogens is 312 g/mol. The van der Waals surface area contributed by atoms with Crippen LogP contribution in [0.25, 0.3) is 0 Å². The van der Waals surface area contributed by atoms with Crippen molar-refractivity contribution < 1.29 is 0 Å². The molecule has 4 heterocycles. The summed E-state index contributed by atoms with van der Waals surface area (Å²) >= 11 is 8.14. The van der Waals surface area contributed by atoms with Gasteiger partial charge in [-0.3, -0.25) is 4.90 Å². The van der Waals surface area contributed by atoms with E-state index in [1.165, 1.54) is 42.9 Å². The zero-order valence-electron chi connectivity index (χ0n) is 12.6. The Morgan fingerprint density at radius 3 is 2.64 bits per heavy atom. The SMILES string of the molecule is Clc1cccc(C(c2cccs2)N2CCN3CCC2CC3)c1. The van der Waals surface area contributed by atoms with E-state index in [9.17, 15) is 0 Å². The molecule has 2 bridgehead atoms. The number of benzene rings is 1. The third kappa shape index (κ3) is 2.83. The molecule has 0 saturated carbocycles. The number of nitrogens with zero attached hydrogens (tertiary/aromatic N) is 2. The summed E-state index contributed by atoms with van der Waals surface area (Å²) in [5, 5.41) is 3.02. The first kappa shape index (κ1) is 14.7. The van der Waals surface area contributed by atoms with Gasteiger partial charge in [-0.05, 0) is 55.1 Å². The predicted molar refractivity (Wildman–Crippen MR) is 93.8 cm³/mol. The van der Waals surface area contributed by atoms with Crippen LogP contribution < -0.4 is 0 Å². The van der Waals surface area contributed by atoms with Gasteiger partial charge in [-0.2, -0.15) is 0 Å². The molecule has 116 valence electrons. The van der Waals surface area contributed by atoms with Crippen molar-refractivity contribution in [3.63, 3.8) is 0 Å². The smallest absolute Gasteiger partial charge is 0.0699 e. The zero-order chi connectivity index (χ0) is 14.9. The topological polar surface area (TPSA) is 6.48 Å². The normalized spacial score (nSPS) is 26.8. The third-order valence-electron chi connectivity index (χ3n) is 5.01. The van der Waals surface area contributed by atoms with Crippen molar-refractivity contribution in [3.8, 4) is 0 Å². The minimum Gasteiger partial charge on any atom is -0.302 e. The molecule has 0 spiro atoms. The van der Waals surface area contributed by atoms with Gasteiger partial charge in [0, 0.05) is 29.0 Å². The molecule has 2 nitrogen and oxygen atoms in total. The second kappa shape index (κ2) is 6.32. The Hall–Kier alpha value is -0.870. The van der Waals surface area contributed by atoms with E-state index in [2.05, 4.69) is 45.5 Å². The van der Waals surface area contributed by atoms with Crippen molar-refractivity contribution in [1.82, 2.24) is 9.80 Å². The zero-order valence-corrected chi connectivity index (χ0v) is 14.2. The highest BCUT2D eigenvalue weighted by atomic mass is 35.5. The molecule has 0 radical (unpaired) electrons. The van der Waals surface area contributed by atoms with Crippen LogP contribution in [-0.2, 0) is 0 Å². The third-order valence-corrected chi connectivity index (χ3v) is 6.17. The van der Waals surface area contributed by atoms with E-state index in [4.69, 9.17) is 11.6 Å². The van der Waals surface area contributed by atoms with Crippen molar-refractivity contribution in [3.05, 3.63) is 57.2 Å². The fourth-order valence-corrected chi connectivity index (χ4v) is 4.97. The molecule has 2 aromatic rings. The molecule has 1 aromatic heterocycles. The number of piperidine rings is 1. The molecule has 1 aromatic carbocycles. The monoisotopic (exact) mass is 332 g/mol. The van der Waals surface area contributed by atoms with E-state index in [1.54, 1.807) is 0 Å². The molecule has 1 unspecified atom stereocenters. The lowest BCUT2D eigenvalue weighted by Crippen LogP contribution is -2.40. The van der Waals surface area contributed by atoms with Crippen LogP contribution in [0.2, 0.25) is 5.02 Å². The van der Waals surface area contributed by atoms with Crippen molar-refractivity contribution in [2.45, 2.75) is 24.9 Å². The summed E-state index contributed by atoms with van der Waals surface area (Å²) in [4.78, 5) is 6.77. The molecule has 3 saturated heterocycles. The summed E-state index contributed by atoms with van der Waals surface area (Å²) in [6.07, 6.45) is 2.59. The van der Waals surface area contributed by atoms with Gasteiger partial charge >= 0.3 is 0 Å². The number of fused-ring (bicyclic) bond motifs is 4. The summed E-state index contributed by atoms with van der Waals surface area (Å²) in [7, 11) is 0. The van der Waals surface area contributed by atoms with Crippen molar-refractivity contribution >= 4 is 22.9 Å². The lowest BCUT2D eigenvalue weighted by Gasteiger charge is -2.37. The Kier molecular flexibility index (Phi) is 4.23. The summed E-state index contributed by atoms with van der Waals surface area (Å²) < 4.78 is 0. The van der Waals surface area contributed by atoms with Gasteiger partial charge in [0.1, 0.15) is 0 Å². The van der Waals surface area contributed by atoms with Gasteiger partial charge in [-0.15, -0.1) is 11.3 Å². The average Bonchev–Trinajstić information content (AvgIpc) is 2.90. The van der Waals surface area contributed by atoms with Crippen LogP contribution in [0.4, 0.5) is 0 Å². The van der Waals surface area contributed by atoms with Gasteiger partial charge in [0.15, 0.2) is 0 Å². The van der Waals surface area contributed by atoms with Gasteiger partial charge in [0.2, 0.25) is 0 Å². The molecule has 0 amide bonds. The number of halogens is 1. The van der Waals surface area contributed by atoms with Crippen LogP contribution in [0.3, 0.4) is 0 Å². The second-order valence-corrected chi connectivity index (χ2v) is 7.70. The fraction of sp³-hybridized carbons (Fsp3) is 0.444. The molecule has 4 heteroatoms. The van der Waals surface area contributed by atoms with Crippen molar-refractivity contribution in [1.29, 1.82) is 0 Å². The standard InChI is InChI=1S/C18H21ClN2S/c19-15-4-1-3-14(13-15)18(17-5-2-12-22-17)21-11-10-20-8-6-16(21)7-9-20/h1-5,12-13,16,18H,6-11H2. The quantitative estimate of drug-likeness (QED) is 0.828. The predicted octanol–water partition coefficient (Wildman–Crippen LogP) is 4.27. The minimum atomic E-state index is 0.349. The molecule has 0 N–H and O–H groups in total. The number of rotatable bonds is 3. The molecular formula is C18H21ClN2S. The largest absolute Gasteiger partial charge is 0.302 e. The van der Waals surface area contributed by atoms with E-state index < -0.39 is 0 Å². The van der Waals surface area contributed by atoms with Crippen molar-refractivity contribution in [2.75, 3.05) is 26.2 Å². The Morgan fingerprint density at radius 2 is 1.91 bits per heavy atom. The van der Waals surface area contributed by atoms with E-state index in [-0.39, 0.29) is 0 Å². The highest BCUT2D eigenvalue weighted by Crippen LogP contribution is 2.37. The van der Waals surface area contributed by atoms with E-state index in [1.807, 2.05) is 17.4 Å². The number of hydrogen-bond donors (Lipinski definition) is 0. The summed E-state index contributed by atoms with van der Waals surface area (Å²) in [5.74, 6) is 0. The summed E-state index contributed by atoms with van der Waals surface area (Å²) in [5.41, 5.74) is 1.33. The average molecular weight is 333 g/mol. The van der Waals surface area contributed by atoms with Crippen LogP contribution in [0.1, 0.15) is 29.3 Å². The van der Waals surface area contributed by atoms with Gasteiger partial charge in [-0.1, -0.05) is 29.8 Å². The fourth-order valence-electron chi connectivity index (χ4n) is 3.90. The number of hydrogen-bond acceptors (Lipinski definition) is 3. The second-order valence-electron chi connectivity index (χ2n) is 6.28. The van der Waals surface area contributed by atoms with Gasteiger partial charge < -0.3 is 4.90 Å². The van der Waals surface area contributed by atoms with Crippen LogP contribution in [0.5, 0.6) is 0 Å². The van der Waals surface area contributed by atoms with Crippen LogP contribution in [0.15, 0.2) is 41.8 Å². The van der Waals surface area contributed by atoms with Crippen molar-refractivity contribution in [2.24, 2.45) is 0 Å². The highest BCUT2D eigenvalue weighted by Gasteiger charge is 2.35. The van der Waals surface area contributed by atoms with Crippen LogP contribution in [-0.4, -0.2) is 42.0 Å². The van der Waals surface area contributed by atoms with E-state index in [0.29, 0.717) is 12.1 Å². The molecule has 3 aliphatic rings. The van der Waals surface area contributed by atoms with E-state index >= 15 is 0 Å². The Morgan fingerprint density at radius 1 is 1.05 bits per heavy atom. The molecule has 1 atom stereocenters. The summed E-state index contributed by atoms with van der Waals surface area (Å²) in [6.45, 7) is 4.86. The Bertz CT molecular complexity index is 620. The first-order valence-electron chi connectivity index (χ1n) is 8.08. The number of thiophene rings is 1. The van der Waals surface area contributed by atoms with Gasteiger partial charge in [0.25, 0.3) is 0 Å². The van der Waals surface area contributed by atoms with Crippen LogP contribution in [0, 0.1) is 0 Å². The highest BCUT2D eigenvalue weighted by molar-refractivity contribution is 7.10.